The number of fused-ring (bicyclic) bond motifs is 2. The molecule has 1 aliphatic heterocycles. The molecule has 0 bridgehead atoms. The molecule has 0 saturated heterocycles. The number of aromatic nitrogens is 2. The zero-order valence-electron chi connectivity index (χ0n) is 12.1. The first-order valence-corrected chi connectivity index (χ1v) is 7.23. The third-order valence-electron chi connectivity index (χ3n) is 3.83. The van der Waals surface area contributed by atoms with Crippen LogP contribution in [0, 0.1) is 0 Å². The van der Waals surface area contributed by atoms with E-state index in [1.165, 1.54) is 6.20 Å². The number of hydrogen-bond donors (Lipinski definition) is 1. The van der Waals surface area contributed by atoms with Gasteiger partial charge in [-0.05, 0) is 24.3 Å². The normalized spacial score (nSPS) is 16.7. The van der Waals surface area contributed by atoms with Crippen LogP contribution in [-0.4, -0.2) is 33.7 Å². The van der Waals surface area contributed by atoms with Gasteiger partial charge in [0, 0.05) is 6.20 Å². The highest BCUT2D eigenvalue weighted by Crippen LogP contribution is 2.24. The van der Waals surface area contributed by atoms with Gasteiger partial charge in [-0.3, -0.25) is 14.0 Å². The van der Waals surface area contributed by atoms with Gasteiger partial charge in [0.25, 0.3) is 5.91 Å². The summed E-state index contributed by atoms with van der Waals surface area (Å²) in [5.41, 5.74) is 1.55. The topological polar surface area (TPSA) is 72.7 Å². The van der Waals surface area contributed by atoms with Crippen LogP contribution in [0.4, 0.5) is 0 Å². The number of carbonyl (C=O) groups is 2. The summed E-state index contributed by atoms with van der Waals surface area (Å²) in [5.74, 6) is 0.0526. The molecule has 1 aromatic carbocycles. The van der Waals surface area contributed by atoms with Gasteiger partial charge < -0.3 is 10.1 Å². The van der Waals surface area contributed by atoms with Gasteiger partial charge in [0.2, 0.25) is 0 Å². The van der Waals surface area contributed by atoms with Crippen molar-refractivity contribution in [3.63, 3.8) is 0 Å². The van der Waals surface area contributed by atoms with Crippen LogP contribution in [-0.2, 0) is 0 Å². The standard InChI is InChI=1S/C17H13N3O3/c21-16-11-5-1-2-6-14(11)23-10-12(16)19-17(22)13-9-18-15-7-3-4-8-20(13)15/h1-9,12H,10H2,(H,19,22)/t12-/m0/s1. The highest BCUT2D eigenvalue weighted by atomic mass is 16.5. The first-order valence-electron chi connectivity index (χ1n) is 7.23. The molecule has 0 unspecified atom stereocenters. The van der Waals surface area contributed by atoms with Crippen molar-refractivity contribution in [3.8, 4) is 5.75 Å². The molecule has 0 radical (unpaired) electrons. The Morgan fingerprint density at radius 3 is 2.96 bits per heavy atom. The number of pyridine rings is 1. The number of ketones is 1. The number of amides is 1. The third kappa shape index (κ3) is 2.24. The number of carbonyl (C=O) groups excluding carboxylic acids is 2. The lowest BCUT2D eigenvalue weighted by molar-refractivity contribution is 0.0792. The summed E-state index contributed by atoms with van der Waals surface area (Å²) in [5, 5.41) is 2.73. The van der Waals surface area contributed by atoms with E-state index >= 15 is 0 Å². The number of benzene rings is 1. The van der Waals surface area contributed by atoms with Gasteiger partial charge in [0.15, 0.2) is 5.78 Å². The van der Waals surface area contributed by atoms with Crippen LogP contribution < -0.4 is 10.1 Å². The van der Waals surface area contributed by atoms with Gasteiger partial charge in [-0.2, -0.15) is 0 Å². The molecule has 1 atom stereocenters. The first kappa shape index (κ1) is 13.5. The fraction of sp³-hybridized carbons (Fsp3) is 0.118. The van der Waals surface area contributed by atoms with Crippen molar-refractivity contribution in [3.05, 3.63) is 66.1 Å². The lowest BCUT2D eigenvalue weighted by atomic mass is 10.0. The molecule has 6 nitrogen and oxygen atoms in total. The predicted octanol–water partition coefficient (Wildman–Crippen LogP) is 1.71. The molecule has 1 amide bonds. The Balaban J connectivity index is 1.59. The van der Waals surface area contributed by atoms with E-state index in [1.54, 1.807) is 28.8 Å². The van der Waals surface area contributed by atoms with E-state index in [0.29, 0.717) is 22.7 Å². The average Bonchev–Trinajstić information content (AvgIpc) is 3.02. The van der Waals surface area contributed by atoms with E-state index in [-0.39, 0.29) is 18.3 Å². The maximum Gasteiger partial charge on any atom is 0.270 e. The summed E-state index contributed by atoms with van der Waals surface area (Å²) in [6.07, 6.45) is 3.25. The Labute approximate surface area is 131 Å². The molecule has 1 aliphatic rings. The number of hydrogen-bond acceptors (Lipinski definition) is 4. The summed E-state index contributed by atoms with van der Waals surface area (Å²) in [4.78, 5) is 29.1. The molecule has 0 aliphatic carbocycles. The second kappa shape index (κ2) is 5.24. The van der Waals surface area contributed by atoms with Crippen molar-refractivity contribution in [1.82, 2.24) is 14.7 Å². The number of imidazole rings is 1. The molecule has 3 aromatic rings. The minimum absolute atomic E-state index is 0.123. The monoisotopic (exact) mass is 307 g/mol. The van der Waals surface area contributed by atoms with Crippen LogP contribution >= 0.6 is 0 Å². The van der Waals surface area contributed by atoms with Gasteiger partial charge in [-0.15, -0.1) is 0 Å². The van der Waals surface area contributed by atoms with Crippen LogP contribution in [0.3, 0.4) is 0 Å². The summed E-state index contributed by atoms with van der Waals surface area (Å²) in [6, 6.07) is 11.8. The quantitative estimate of drug-likeness (QED) is 0.782. The number of para-hydroxylation sites is 1. The summed E-state index contributed by atoms with van der Waals surface area (Å²) >= 11 is 0. The number of nitrogens with one attached hydrogen (secondary N) is 1. The molecule has 0 spiro atoms. The molecular formula is C17H13N3O3. The first-order chi connectivity index (χ1) is 11.2. The molecule has 3 heterocycles. The van der Waals surface area contributed by atoms with Gasteiger partial charge >= 0.3 is 0 Å². The molecule has 2 aromatic heterocycles. The maximum atomic E-state index is 12.5. The fourth-order valence-electron chi connectivity index (χ4n) is 2.67. The largest absolute Gasteiger partial charge is 0.490 e. The SMILES string of the molecule is O=C(N[C@H]1COc2ccccc2C1=O)c1cnc2ccccn12. The maximum absolute atomic E-state index is 12.5. The molecule has 0 saturated carbocycles. The predicted molar refractivity (Wildman–Crippen MR) is 82.7 cm³/mol. The Kier molecular flexibility index (Phi) is 3.08. The van der Waals surface area contributed by atoms with Crippen LogP contribution in [0.25, 0.3) is 5.65 Å². The van der Waals surface area contributed by atoms with E-state index < -0.39 is 6.04 Å². The molecule has 0 fully saturated rings. The zero-order chi connectivity index (χ0) is 15.8. The molecule has 23 heavy (non-hydrogen) atoms. The van der Waals surface area contributed by atoms with Crippen LogP contribution in [0.2, 0.25) is 0 Å². The Morgan fingerprint density at radius 2 is 2.04 bits per heavy atom. The third-order valence-corrected chi connectivity index (χ3v) is 3.83. The van der Waals surface area contributed by atoms with Crippen molar-refractivity contribution in [1.29, 1.82) is 0 Å². The van der Waals surface area contributed by atoms with Gasteiger partial charge in [-0.1, -0.05) is 18.2 Å². The zero-order valence-corrected chi connectivity index (χ0v) is 12.1. The van der Waals surface area contributed by atoms with E-state index in [9.17, 15) is 9.59 Å². The van der Waals surface area contributed by atoms with Crippen molar-refractivity contribution in [2.75, 3.05) is 6.61 Å². The molecular weight excluding hydrogens is 294 g/mol. The van der Waals surface area contributed by atoms with Gasteiger partial charge in [-0.25, -0.2) is 4.98 Å². The minimum Gasteiger partial charge on any atom is -0.490 e. The molecule has 1 N–H and O–H groups in total. The van der Waals surface area contributed by atoms with Crippen LogP contribution in [0.15, 0.2) is 54.9 Å². The number of ether oxygens (including phenoxy) is 1. The summed E-state index contributed by atoms with van der Waals surface area (Å²) < 4.78 is 7.23. The highest BCUT2D eigenvalue weighted by Gasteiger charge is 2.30. The van der Waals surface area contributed by atoms with Crippen LogP contribution in [0.5, 0.6) is 5.75 Å². The van der Waals surface area contributed by atoms with Gasteiger partial charge in [0.05, 0.1) is 11.8 Å². The average molecular weight is 307 g/mol. The van der Waals surface area contributed by atoms with E-state index in [1.807, 2.05) is 24.3 Å². The lowest BCUT2D eigenvalue weighted by Gasteiger charge is -2.24. The van der Waals surface area contributed by atoms with Crippen molar-refractivity contribution < 1.29 is 14.3 Å². The van der Waals surface area contributed by atoms with E-state index in [4.69, 9.17) is 4.74 Å². The Bertz CT molecular complexity index is 916. The summed E-state index contributed by atoms with van der Waals surface area (Å²) in [6.45, 7) is 0.123. The van der Waals surface area contributed by atoms with Crippen molar-refractivity contribution in [2.45, 2.75) is 6.04 Å². The second-order valence-corrected chi connectivity index (χ2v) is 5.27. The van der Waals surface area contributed by atoms with E-state index in [2.05, 4.69) is 10.3 Å². The Hall–Kier alpha value is -3.15. The van der Waals surface area contributed by atoms with Crippen molar-refractivity contribution in [2.24, 2.45) is 0 Å². The Morgan fingerprint density at radius 1 is 1.22 bits per heavy atom. The smallest absolute Gasteiger partial charge is 0.270 e. The lowest BCUT2D eigenvalue weighted by Crippen LogP contribution is -2.47. The van der Waals surface area contributed by atoms with Crippen LogP contribution in [0.1, 0.15) is 20.8 Å². The second-order valence-electron chi connectivity index (χ2n) is 5.27. The molecule has 114 valence electrons. The minimum atomic E-state index is -0.702. The number of nitrogens with zero attached hydrogens (tertiary/aromatic N) is 2. The fourth-order valence-corrected chi connectivity index (χ4v) is 2.67. The van der Waals surface area contributed by atoms with Crippen molar-refractivity contribution >= 4 is 17.3 Å². The molecule has 6 heteroatoms. The van der Waals surface area contributed by atoms with E-state index in [0.717, 1.165) is 0 Å². The number of Topliss-reactive ketones (excluding diaryl/α,β-unsaturated/α-hetero) is 1. The summed E-state index contributed by atoms with van der Waals surface area (Å²) in [7, 11) is 0. The highest BCUT2D eigenvalue weighted by molar-refractivity contribution is 6.06. The van der Waals surface area contributed by atoms with Gasteiger partial charge in [0.1, 0.15) is 29.7 Å². The number of rotatable bonds is 2. The molecule has 4 rings (SSSR count).